The van der Waals surface area contributed by atoms with Crippen LogP contribution in [-0.2, 0) is 0 Å². The number of hydrogen-bond acceptors (Lipinski definition) is 3. The summed E-state index contributed by atoms with van der Waals surface area (Å²) in [4.78, 5) is 14.5. The number of nitrogens with one attached hydrogen (secondary N) is 1. The van der Waals surface area contributed by atoms with E-state index in [2.05, 4.69) is 55.3 Å². The average molecular weight is 367 g/mol. The molecule has 0 saturated heterocycles. The highest BCUT2D eigenvalue weighted by Crippen LogP contribution is 2.43. The van der Waals surface area contributed by atoms with E-state index in [0.29, 0.717) is 11.5 Å². The highest BCUT2D eigenvalue weighted by Gasteiger charge is 2.35. The first-order valence-corrected chi connectivity index (χ1v) is 9.32. The normalized spacial score (nSPS) is 18.4. The monoisotopic (exact) mass is 367 g/mol. The maximum atomic E-state index is 12.9. The Morgan fingerprint density at radius 2 is 2.00 bits per heavy atom. The van der Waals surface area contributed by atoms with Crippen LogP contribution in [0.15, 0.2) is 47.6 Å². The molecule has 0 spiro atoms. The van der Waals surface area contributed by atoms with E-state index >= 15 is 0 Å². The first kappa shape index (κ1) is 19.1. The number of anilines is 1. The molecule has 1 atom stereocenters. The second kappa shape index (κ2) is 7.51. The third-order valence-corrected chi connectivity index (χ3v) is 5.21. The molecule has 142 valence electrons. The summed E-state index contributed by atoms with van der Waals surface area (Å²) in [6.45, 7) is 9.98. The SMILES string of the molecule is CCN1c2ccc(/C=N\NC(=O)c3ccc(F)cc3)cc2[C@H](C)CC1(C)C. The van der Waals surface area contributed by atoms with Crippen LogP contribution < -0.4 is 10.3 Å². The summed E-state index contributed by atoms with van der Waals surface area (Å²) >= 11 is 0. The van der Waals surface area contributed by atoms with E-state index in [1.807, 2.05) is 6.07 Å². The molecule has 5 heteroatoms. The van der Waals surface area contributed by atoms with Crippen LogP contribution in [0.4, 0.5) is 10.1 Å². The number of fused-ring (bicyclic) bond motifs is 1. The fraction of sp³-hybridized carbons (Fsp3) is 0.364. The molecule has 0 saturated carbocycles. The van der Waals surface area contributed by atoms with Crippen molar-refractivity contribution >= 4 is 17.8 Å². The largest absolute Gasteiger partial charge is 0.366 e. The summed E-state index contributed by atoms with van der Waals surface area (Å²) in [7, 11) is 0. The molecule has 0 aromatic heterocycles. The maximum Gasteiger partial charge on any atom is 0.271 e. The summed E-state index contributed by atoms with van der Waals surface area (Å²) in [5.74, 6) is -0.279. The number of carbonyl (C=O) groups is 1. The lowest BCUT2D eigenvalue weighted by molar-refractivity contribution is 0.0955. The van der Waals surface area contributed by atoms with Gasteiger partial charge in [-0.1, -0.05) is 13.0 Å². The topological polar surface area (TPSA) is 44.7 Å². The number of benzene rings is 2. The van der Waals surface area contributed by atoms with Crippen LogP contribution in [0.25, 0.3) is 0 Å². The fourth-order valence-corrected chi connectivity index (χ4v) is 4.02. The number of hydrogen-bond donors (Lipinski definition) is 1. The molecule has 4 nitrogen and oxygen atoms in total. The van der Waals surface area contributed by atoms with Gasteiger partial charge in [0.15, 0.2) is 0 Å². The molecule has 0 fully saturated rings. The molecule has 3 rings (SSSR count). The van der Waals surface area contributed by atoms with Crippen molar-refractivity contribution in [1.29, 1.82) is 0 Å². The van der Waals surface area contributed by atoms with Crippen LogP contribution in [0.2, 0.25) is 0 Å². The molecule has 2 aromatic rings. The van der Waals surface area contributed by atoms with Gasteiger partial charge in [-0.3, -0.25) is 4.79 Å². The number of hydrazone groups is 1. The van der Waals surface area contributed by atoms with Gasteiger partial charge in [0.1, 0.15) is 5.82 Å². The fourth-order valence-electron chi connectivity index (χ4n) is 4.02. The highest BCUT2D eigenvalue weighted by atomic mass is 19.1. The van der Waals surface area contributed by atoms with E-state index in [0.717, 1.165) is 18.5 Å². The van der Waals surface area contributed by atoms with Gasteiger partial charge in [-0.25, -0.2) is 9.82 Å². The van der Waals surface area contributed by atoms with E-state index in [4.69, 9.17) is 0 Å². The molecule has 2 aromatic carbocycles. The molecule has 0 radical (unpaired) electrons. The average Bonchev–Trinajstić information content (AvgIpc) is 2.62. The Hall–Kier alpha value is -2.69. The third kappa shape index (κ3) is 4.02. The number of carbonyl (C=O) groups excluding carboxylic acids is 1. The Labute approximate surface area is 160 Å². The molecule has 1 aliphatic heterocycles. The van der Waals surface area contributed by atoms with Crippen molar-refractivity contribution in [2.24, 2.45) is 5.10 Å². The minimum absolute atomic E-state index is 0.139. The van der Waals surface area contributed by atoms with Crippen LogP contribution in [0.5, 0.6) is 0 Å². The van der Waals surface area contributed by atoms with Gasteiger partial charge in [0.2, 0.25) is 0 Å². The zero-order chi connectivity index (χ0) is 19.6. The van der Waals surface area contributed by atoms with Crippen LogP contribution in [0, 0.1) is 5.82 Å². The van der Waals surface area contributed by atoms with Gasteiger partial charge < -0.3 is 4.90 Å². The number of halogens is 1. The Balaban J connectivity index is 1.75. The van der Waals surface area contributed by atoms with Crippen LogP contribution in [0.3, 0.4) is 0 Å². The number of amides is 1. The lowest BCUT2D eigenvalue weighted by atomic mass is 9.79. The zero-order valence-electron chi connectivity index (χ0n) is 16.3. The molecular weight excluding hydrogens is 341 g/mol. The number of nitrogens with zero attached hydrogens (tertiary/aromatic N) is 2. The van der Waals surface area contributed by atoms with Crippen LogP contribution in [-0.4, -0.2) is 24.2 Å². The molecule has 1 heterocycles. The standard InChI is InChI=1S/C22H26FN3O/c1-5-26-20-11-6-16(12-19(20)15(2)13-22(26,3)4)14-24-25-21(27)17-7-9-18(23)10-8-17/h6-12,14-15H,5,13H2,1-4H3,(H,25,27)/b24-14-/t15-/m1/s1. The molecular formula is C22H26FN3O. The van der Waals surface area contributed by atoms with Gasteiger partial charge in [0.05, 0.1) is 6.21 Å². The molecule has 1 amide bonds. The summed E-state index contributed by atoms with van der Waals surface area (Å²) in [6.07, 6.45) is 2.74. The van der Waals surface area contributed by atoms with Crippen LogP contribution >= 0.6 is 0 Å². The van der Waals surface area contributed by atoms with Gasteiger partial charge in [0, 0.05) is 23.3 Å². The van der Waals surface area contributed by atoms with Gasteiger partial charge in [-0.05, 0) is 80.6 Å². The minimum Gasteiger partial charge on any atom is -0.366 e. The molecule has 0 aliphatic carbocycles. The predicted octanol–water partition coefficient (Wildman–Crippen LogP) is 4.70. The summed E-state index contributed by atoms with van der Waals surface area (Å²) in [5, 5.41) is 4.05. The summed E-state index contributed by atoms with van der Waals surface area (Å²) < 4.78 is 12.9. The summed E-state index contributed by atoms with van der Waals surface area (Å²) in [6, 6.07) is 11.7. The second-order valence-corrected chi connectivity index (χ2v) is 7.69. The quantitative estimate of drug-likeness (QED) is 0.629. The Bertz CT molecular complexity index is 858. The highest BCUT2D eigenvalue weighted by molar-refractivity contribution is 5.94. The van der Waals surface area contributed by atoms with E-state index in [9.17, 15) is 9.18 Å². The first-order chi connectivity index (χ1) is 12.8. The van der Waals surface area contributed by atoms with Crippen molar-refractivity contribution in [2.45, 2.75) is 45.6 Å². The van der Waals surface area contributed by atoms with Gasteiger partial charge in [0.25, 0.3) is 5.91 Å². The van der Waals surface area contributed by atoms with Crippen molar-refractivity contribution in [3.8, 4) is 0 Å². The van der Waals surface area contributed by atoms with Crippen molar-refractivity contribution in [2.75, 3.05) is 11.4 Å². The molecule has 27 heavy (non-hydrogen) atoms. The molecule has 0 unspecified atom stereocenters. The minimum atomic E-state index is -0.373. The van der Waals surface area contributed by atoms with E-state index in [1.165, 1.54) is 35.5 Å². The molecule has 0 bridgehead atoms. The van der Waals surface area contributed by atoms with Gasteiger partial charge in [-0.15, -0.1) is 0 Å². The Morgan fingerprint density at radius 1 is 1.30 bits per heavy atom. The summed E-state index contributed by atoms with van der Waals surface area (Å²) in [5.41, 5.74) is 6.52. The van der Waals surface area contributed by atoms with E-state index in [-0.39, 0.29) is 17.3 Å². The van der Waals surface area contributed by atoms with Crippen molar-refractivity contribution in [3.05, 3.63) is 65.0 Å². The van der Waals surface area contributed by atoms with E-state index < -0.39 is 0 Å². The lowest BCUT2D eigenvalue weighted by Crippen LogP contribution is -2.48. The van der Waals surface area contributed by atoms with Gasteiger partial charge >= 0.3 is 0 Å². The van der Waals surface area contributed by atoms with Gasteiger partial charge in [-0.2, -0.15) is 5.10 Å². The van der Waals surface area contributed by atoms with Crippen molar-refractivity contribution in [3.63, 3.8) is 0 Å². The Morgan fingerprint density at radius 3 is 2.67 bits per heavy atom. The Kier molecular flexibility index (Phi) is 5.31. The smallest absolute Gasteiger partial charge is 0.271 e. The maximum absolute atomic E-state index is 12.9. The zero-order valence-corrected chi connectivity index (χ0v) is 16.3. The second-order valence-electron chi connectivity index (χ2n) is 7.69. The van der Waals surface area contributed by atoms with Crippen molar-refractivity contribution < 1.29 is 9.18 Å². The van der Waals surface area contributed by atoms with Crippen molar-refractivity contribution in [1.82, 2.24) is 5.43 Å². The lowest BCUT2D eigenvalue weighted by Gasteiger charge is -2.47. The predicted molar refractivity (Wildman–Crippen MR) is 108 cm³/mol. The first-order valence-electron chi connectivity index (χ1n) is 9.32. The van der Waals surface area contributed by atoms with Crippen LogP contribution in [0.1, 0.15) is 61.5 Å². The van der Waals surface area contributed by atoms with E-state index in [1.54, 1.807) is 6.21 Å². The molecule has 1 aliphatic rings. The molecule has 1 N–H and O–H groups in total. The number of rotatable bonds is 4. The third-order valence-electron chi connectivity index (χ3n) is 5.21.